The zero-order chi connectivity index (χ0) is 13.7. The van der Waals surface area contributed by atoms with Crippen molar-refractivity contribution < 1.29 is 9.53 Å². The number of hydrogen-bond acceptors (Lipinski definition) is 6. The highest BCUT2D eigenvalue weighted by Gasteiger charge is 2.20. The van der Waals surface area contributed by atoms with Crippen LogP contribution in [0.2, 0.25) is 0 Å². The van der Waals surface area contributed by atoms with E-state index in [0.29, 0.717) is 11.5 Å². The first-order chi connectivity index (χ1) is 9.28. The monoisotopic (exact) mass is 283 g/mol. The van der Waals surface area contributed by atoms with E-state index < -0.39 is 0 Å². The molecule has 2 rings (SSSR count). The summed E-state index contributed by atoms with van der Waals surface area (Å²) >= 11 is 1.47. The number of carbonyl (C=O) groups is 1. The number of piperazine rings is 1. The van der Waals surface area contributed by atoms with Gasteiger partial charge in [0.05, 0.1) is 17.2 Å². The fourth-order valence-corrected chi connectivity index (χ4v) is 3.23. The molecule has 6 heteroatoms. The summed E-state index contributed by atoms with van der Waals surface area (Å²) in [5.41, 5.74) is 0.758. The average Bonchev–Trinajstić information content (AvgIpc) is 2.84. The maximum Gasteiger partial charge on any atom is 0.186 e. The number of ether oxygens (including phenoxy) is 1. The lowest BCUT2D eigenvalue weighted by Crippen LogP contribution is -2.46. The molecule has 0 radical (unpaired) electrons. The van der Waals surface area contributed by atoms with Gasteiger partial charge in [0.1, 0.15) is 0 Å². The summed E-state index contributed by atoms with van der Waals surface area (Å²) in [5.74, 6) is 0. The van der Waals surface area contributed by atoms with Crippen molar-refractivity contribution in [1.82, 2.24) is 9.88 Å². The van der Waals surface area contributed by atoms with E-state index in [1.165, 1.54) is 24.3 Å². The molecule has 0 unspecified atom stereocenters. The SMILES string of the molecule is CCCN1CCN(c2nc(COC)c(C=O)s2)CC1. The fraction of sp³-hybridized carbons (Fsp3) is 0.692. The van der Waals surface area contributed by atoms with Gasteiger partial charge in [-0.3, -0.25) is 9.69 Å². The van der Waals surface area contributed by atoms with E-state index in [-0.39, 0.29) is 0 Å². The van der Waals surface area contributed by atoms with Crippen LogP contribution in [-0.4, -0.2) is 56.0 Å². The molecule has 0 N–H and O–H groups in total. The molecule has 5 nitrogen and oxygen atoms in total. The Morgan fingerprint density at radius 3 is 2.68 bits per heavy atom. The number of methoxy groups -OCH3 is 1. The molecule has 1 saturated heterocycles. The highest BCUT2D eigenvalue weighted by atomic mass is 32.1. The van der Waals surface area contributed by atoms with Gasteiger partial charge in [-0.05, 0) is 13.0 Å². The average molecular weight is 283 g/mol. The van der Waals surface area contributed by atoms with E-state index in [4.69, 9.17) is 4.74 Å². The first-order valence-electron chi connectivity index (χ1n) is 6.69. The summed E-state index contributed by atoms with van der Waals surface area (Å²) < 4.78 is 5.08. The van der Waals surface area contributed by atoms with E-state index in [1.54, 1.807) is 7.11 Å². The molecule has 0 saturated carbocycles. The molecule has 0 aromatic carbocycles. The largest absolute Gasteiger partial charge is 0.378 e. The highest BCUT2D eigenvalue weighted by Crippen LogP contribution is 2.26. The van der Waals surface area contributed by atoms with Crippen molar-refractivity contribution in [3.05, 3.63) is 10.6 Å². The second-order valence-electron chi connectivity index (χ2n) is 4.69. The highest BCUT2D eigenvalue weighted by molar-refractivity contribution is 7.17. The number of aromatic nitrogens is 1. The van der Waals surface area contributed by atoms with Crippen molar-refractivity contribution in [3.63, 3.8) is 0 Å². The quantitative estimate of drug-likeness (QED) is 0.743. The van der Waals surface area contributed by atoms with Crippen LogP contribution in [-0.2, 0) is 11.3 Å². The van der Waals surface area contributed by atoms with Gasteiger partial charge in [0.15, 0.2) is 11.4 Å². The smallest absolute Gasteiger partial charge is 0.186 e. The van der Waals surface area contributed by atoms with Crippen LogP contribution < -0.4 is 4.90 Å². The zero-order valence-corrected chi connectivity index (χ0v) is 12.4. The summed E-state index contributed by atoms with van der Waals surface area (Å²) in [4.78, 5) is 21.0. The fourth-order valence-electron chi connectivity index (χ4n) is 2.30. The molecule has 1 aliphatic rings. The van der Waals surface area contributed by atoms with Crippen LogP contribution >= 0.6 is 11.3 Å². The summed E-state index contributed by atoms with van der Waals surface area (Å²) in [6, 6.07) is 0. The number of anilines is 1. The second kappa shape index (κ2) is 6.98. The van der Waals surface area contributed by atoms with Gasteiger partial charge >= 0.3 is 0 Å². The van der Waals surface area contributed by atoms with Crippen molar-refractivity contribution in [2.45, 2.75) is 20.0 Å². The third-order valence-corrected chi connectivity index (χ3v) is 4.37. The van der Waals surface area contributed by atoms with Crippen LogP contribution in [0.1, 0.15) is 28.7 Å². The van der Waals surface area contributed by atoms with E-state index >= 15 is 0 Å². The molecule has 1 aromatic heterocycles. The minimum atomic E-state index is 0.403. The minimum absolute atomic E-state index is 0.403. The number of aldehydes is 1. The van der Waals surface area contributed by atoms with Gasteiger partial charge < -0.3 is 9.64 Å². The maximum absolute atomic E-state index is 11.0. The van der Waals surface area contributed by atoms with Gasteiger partial charge in [0, 0.05) is 33.3 Å². The molecular weight excluding hydrogens is 262 g/mol. The molecule has 0 amide bonds. The van der Waals surface area contributed by atoms with Gasteiger partial charge in [0.2, 0.25) is 0 Å². The van der Waals surface area contributed by atoms with Gasteiger partial charge in [-0.15, -0.1) is 0 Å². The van der Waals surface area contributed by atoms with E-state index in [9.17, 15) is 4.79 Å². The Kier molecular flexibility index (Phi) is 5.30. The molecular formula is C13H21N3O2S. The van der Waals surface area contributed by atoms with E-state index in [2.05, 4.69) is 21.7 Å². The van der Waals surface area contributed by atoms with Crippen molar-refractivity contribution >= 4 is 22.8 Å². The molecule has 0 bridgehead atoms. The first-order valence-corrected chi connectivity index (χ1v) is 7.51. The van der Waals surface area contributed by atoms with Crippen molar-refractivity contribution in [1.29, 1.82) is 0 Å². The topological polar surface area (TPSA) is 45.7 Å². The van der Waals surface area contributed by atoms with Crippen molar-refractivity contribution in [3.8, 4) is 0 Å². The van der Waals surface area contributed by atoms with Crippen LogP contribution in [0.3, 0.4) is 0 Å². The summed E-state index contributed by atoms with van der Waals surface area (Å²) in [7, 11) is 1.62. The molecule has 1 fully saturated rings. The van der Waals surface area contributed by atoms with E-state index in [1.807, 2.05) is 0 Å². The standard InChI is InChI=1S/C13H21N3O2S/c1-3-4-15-5-7-16(8-6-15)13-14-11(10-18-2)12(9-17)19-13/h9H,3-8,10H2,1-2H3. The van der Waals surface area contributed by atoms with Gasteiger partial charge in [-0.2, -0.15) is 0 Å². The van der Waals surface area contributed by atoms with Gasteiger partial charge in [-0.25, -0.2) is 4.98 Å². The predicted molar refractivity (Wildman–Crippen MR) is 77.2 cm³/mol. The van der Waals surface area contributed by atoms with E-state index in [0.717, 1.165) is 43.3 Å². The van der Waals surface area contributed by atoms with Crippen molar-refractivity contribution in [2.24, 2.45) is 0 Å². The van der Waals surface area contributed by atoms with Crippen LogP contribution in [0.15, 0.2) is 0 Å². The third kappa shape index (κ3) is 3.52. The Morgan fingerprint density at radius 1 is 1.37 bits per heavy atom. The maximum atomic E-state index is 11.0. The Bertz CT molecular complexity index is 414. The van der Waals surface area contributed by atoms with Crippen LogP contribution in [0.4, 0.5) is 5.13 Å². The third-order valence-electron chi connectivity index (χ3n) is 3.29. The van der Waals surface area contributed by atoms with Gasteiger partial charge in [0.25, 0.3) is 0 Å². The van der Waals surface area contributed by atoms with Crippen LogP contribution in [0, 0.1) is 0 Å². The molecule has 1 aliphatic heterocycles. The molecule has 0 atom stereocenters. The molecule has 2 heterocycles. The number of rotatable bonds is 6. The molecule has 0 spiro atoms. The Morgan fingerprint density at radius 2 is 2.11 bits per heavy atom. The molecule has 1 aromatic rings. The van der Waals surface area contributed by atoms with Gasteiger partial charge in [-0.1, -0.05) is 18.3 Å². The number of carbonyl (C=O) groups excluding carboxylic acids is 1. The predicted octanol–water partition coefficient (Wildman–Crippen LogP) is 1.63. The lowest BCUT2D eigenvalue weighted by atomic mass is 10.3. The summed E-state index contributed by atoms with van der Waals surface area (Å²) in [6.45, 7) is 7.89. The minimum Gasteiger partial charge on any atom is -0.378 e. The summed E-state index contributed by atoms with van der Waals surface area (Å²) in [6.07, 6.45) is 2.08. The molecule has 106 valence electrons. The number of thiazole rings is 1. The first kappa shape index (κ1) is 14.4. The number of nitrogens with zero attached hydrogens (tertiary/aromatic N) is 3. The Hall–Kier alpha value is -0.980. The lowest BCUT2D eigenvalue weighted by molar-refractivity contribution is 0.112. The summed E-state index contributed by atoms with van der Waals surface area (Å²) in [5, 5.41) is 0.949. The van der Waals surface area contributed by atoms with Crippen LogP contribution in [0.25, 0.3) is 0 Å². The lowest BCUT2D eigenvalue weighted by Gasteiger charge is -2.34. The molecule has 19 heavy (non-hydrogen) atoms. The Balaban J connectivity index is 2.01. The van der Waals surface area contributed by atoms with Crippen LogP contribution in [0.5, 0.6) is 0 Å². The second-order valence-corrected chi connectivity index (χ2v) is 5.70. The molecule has 0 aliphatic carbocycles. The number of hydrogen-bond donors (Lipinski definition) is 0. The van der Waals surface area contributed by atoms with Crippen molar-refractivity contribution in [2.75, 3.05) is 44.7 Å². The zero-order valence-electron chi connectivity index (χ0n) is 11.6. The Labute approximate surface area is 118 Å². The normalized spacial score (nSPS) is 16.8.